The second kappa shape index (κ2) is 1.81. The molecule has 4 heteroatoms. The lowest BCUT2D eigenvalue weighted by Gasteiger charge is -1.94. The van der Waals surface area contributed by atoms with Crippen LogP contribution in [0.1, 0.15) is 6.92 Å². The summed E-state index contributed by atoms with van der Waals surface area (Å²) in [6, 6.07) is 0. The first-order valence-corrected chi connectivity index (χ1v) is 2.25. The highest BCUT2D eigenvalue weighted by atomic mass is 16.1. The number of ketones is 1. The van der Waals surface area contributed by atoms with Crippen LogP contribution in [0.25, 0.3) is 0 Å². The third kappa shape index (κ3) is 0.776. The molecule has 0 spiro atoms. The van der Waals surface area contributed by atoms with Gasteiger partial charge in [-0.3, -0.25) is 4.79 Å². The van der Waals surface area contributed by atoms with E-state index in [4.69, 9.17) is 0 Å². The molecule has 0 aromatic rings. The van der Waals surface area contributed by atoms with E-state index in [0.717, 1.165) is 0 Å². The van der Waals surface area contributed by atoms with Crippen LogP contribution in [0, 0.1) is 0 Å². The molecule has 1 aliphatic rings. The lowest BCUT2D eigenvalue weighted by atomic mass is 10.3. The van der Waals surface area contributed by atoms with Gasteiger partial charge in [0, 0.05) is 0 Å². The number of carbonyl (C=O) groups is 1. The van der Waals surface area contributed by atoms with E-state index < -0.39 is 0 Å². The van der Waals surface area contributed by atoms with Crippen molar-refractivity contribution in [3.8, 4) is 0 Å². The number of Topliss-reactive ketones (excluding diaryl/α,β-unsaturated/α-hetero) is 1. The Morgan fingerprint density at radius 2 is 2.38 bits per heavy atom. The van der Waals surface area contributed by atoms with E-state index >= 15 is 0 Å². The Morgan fingerprint density at radius 3 is 2.75 bits per heavy atom. The largest absolute Gasteiger partial charge is 0.291 e. The quantitative estimate of drug-likeness (QED) is 0.446. The fraction of sp³-hybridized carbons (Fsp3) is 0.500. The molecular formula is C4H5N3O. The maximum absolute atomic E-state index is 10.5. The number of nitrogens with zero attached hydrogens (tertiary/aromatic N) is 3. The molecule has 1 aliphatic heterocycles. The standard InChI is InChI=1S/C4H5N3O/c1-3-4(8)2-5-7-6-3/h2H2,1H3. The van der Waals surface area contributed by atoms with Crippen LogP contribution in [0.5, 0.6) is 0 Å². The first-order valence-electron chi connectivity index (χ1n) is 2.25. The van der Waals surface area contributed by atoms with Gasteiger partial charge < -0.3 is 0 Å². The van der Waals surface area contributed by atoms with Crippen molar-refractivity contribution >= 4 is 11.5 Å². The van der Waals surface area contributed by atoms with Crippen molar-refractivity contribution in [3.05, 3.63) is 0 Å². The molecule has 4 nitrogen and oxygen atoms in total. The summed E-state index contributed by atoms with van der Waals surface area (Å²) in [4.78, 5) is 10.5. The van der Waals surface area contributed by atoms with Crippen LogP contribution < -0.4 is 0 Å². The van der Waals surface area contributed by atoms with Crippen molar-refractivity contribution < 1.29 is 4.79 Å². The fourth-order valence-electron chi connectivity index (χ4n) is 0.365. The van der Waals surface area contributed by atoms with Crippen molar-refractivity contribution in [2.45, 2.75) is 6.92 Å². The Labute approximate surface area is 46.3 Å². The molecule has 42 valence electrons. The van der Waals surface area contributed by atoms with Gasteiger partial charge in [-0.25, -0.2) is 0 Å². The van der Waals surface area contributed by atoms with Crippen molar-refractivity contribution in [1.82, 2.24) is 0 Å². The number of carbonyl (C=O) groups excluding carboxylic acids is 1. The van der Waals surface area contributed by atoms with E-state index in [1.807, 2.05) is 0 Å². The maximum Gasteiger partial charge on any atom is 0.201 e. The minimum absolute atomic E-state index is 0.0417. The first kappa shape index (κ1) is 5.08. The van der Waals surface area contributed by atoms with Crippen molar-refractivity contribution in [1.29, 1.82) is 0 Å². The molecule has 0 unspecified atom stereocenters. The third-order valence-corrected chi connectivity index (χ3v) is 0.876. The van der Waals surface area contributed by atoms with E-state index in [0.29, 0.717) is 5.71 Å². The van der Waals surface area contributed by atoms with Gasteiger partial charge in [-0.05, 0) is 12.1 Å². The van der Waals surface area contributed by atoms with Crippen LogP contribution in [-0.4, -0.2) is 18.0 Å². The highest BCUT2D eigenvalue weighted by Gasteiger charge is 2.07. The Morgan fingerprint density at radius 1 is 1.62 bits per heavy atom. The molecule has 8 heavy (non-hydrogen) atoms. The fourth-order valence-corrected chi connectivity index (χ4v) is 0.365. The van der Waals surface area contributed by atoms with Crippen molar-refractivity contribution in [2.24, 2.45) is 15.4 Å². The summed E-state index contributed by atoms with van der Waals surface area (Å²) >= 11 is 0. The van der Waals surface area contributed by atoms with E-state index in [1.54, 1.807) is 6.92 Å². The monoisotopic (exact) mass is 111 g/mol. The van der Waals surface area contributed by atoms with E-state index in [9.17, 15) is 4.79 Å². The summed E-state index contributed by atoms with van der Waals surface area (Å²) in [5, 5.41) is 10.1. The zero-order valence-electron chi connectivity index (χ0n) is 4.46. The van der Waals surface area contributed by atoms with Gasteiger partial charge in [-0.1, -0.05) is 0 Å². The zero-order chi connectivity index (χ0) is 5.98. The number of hydrogen-bond donors (Lipinski definition) is 0. The van der Waals surface area contributed by atoms with E-state index in [2.05, 4.69) is 15.4 Å². The van der Waals surface area contributed by atoms with Gasteiger partial charge >= 0.3 is 0 Å². The van der Waals surface area contributed by atoms with Crippen LogP contribution in [0.15, 0.2) is 15.4 Å². The normalized spacial score (nSPS) is 18.6. The molecular weight excluding hydrogens is 106 g/mol. The minimum atomic E-state index is -0.0417. The topological polar surface area (TPSA) is 54.1 Å². The highest BCUT2D eigenvalue weighted by Crippen LogP contribution is 1.91. The second-order valence-electron chi connectivity index (χ2n) is 1.50. The predicted molar refractivity (Wildman–Crippen MR) is 27.8 cm³/mol. The summed E-state index contributed by atoms with van der Waals surface area (Å²) in [6.45, 7) is 1.79. The zero-order valence-corrected chi connectivity index (χ0v) is 4.46. The average molecular weight is 111 g/mol. The predicted octanol–water partition coefficient (Wildman–Crippen LogP) is 0.397. The summed E-state index contributed by atoms with van der Waals surface area (Å²) < 4.78 is 0. The number of hydrogen-bond acceptors (Lipinski definition) is 4. The average Bonchev–Trinajstić information content (AvgIpc) is 1.77. The second-order valence-corrected chi connectivity index (χ2v) is 1.50. The smallest absolute Gasteiger partial charge is 0.201 e. The molecule has 0 radical (unpaired) electrons. The molecule has 0 amide bonds. The highest BCUT2D eigenvalue weighted by molar-refractivity contribution is 6.39. The molecule has 0 N–H and O–H groups in total. The molecule has 1 rings (SSSR count). The van der Waals surface area contributed by atoms with Gasteiger partial charge in [-0.2, -0.15) is 5.11 Å². The van der Waals surface area contributed by atoms with Gasteiger partial charge in [0.1, 0.15) is 12.3 Å². The summed E-state index contributed by atoms with van der Waals surface area (Å²) in [5.41, 5.74) is 0.444. The summed E-state index contributed by atoms with van der Waals surface area (Å²) in [7, 11) is 0. The lowest BCUT2D eigenvalue weighted by Crippen LogP contribution is -2.14. The first-order chi connectivity index (χ1) is 3.80. The van der Waals surface area contributed by atoms with Gasteiger partial charge in [0.15, 0.2) is 0 Å². The molecule has 0 saturated heterocycles. The van der Waals surface area contributed by atoms with Crippen LogP contribution in [0.4, 0.5) is 0 Å². The van der Waals surface area contributed by atoms with Gasteiger partial charge in [0.05, 0.1) is 0 Å². The molecule has 1 heterocycles. The Bertz CT molecular complexity index is 170. The minimum Gasteiger partial charge on any atom is -0.291 e. The third-order valence-electron chi connectivity index (χ3n) is 0.876. The summed E-state index contributed by atoms with van der Waals surface area (Å²) in [5.74, 6) is -0.0417. The molecule has 0 fully saturated rings. The molecule has 0 aromatic carbocycles. The Hall–Kier alpha value is -1.06. The van der Waals surface area contributed by atoms with E-state index in [1.165, 1.54) is 0 Å². The van der Waals surface area contributed by atoms with Crippen molar-refractivity contribution in [3.63, 3.8) is 0 Å². The van der Waals surface area contributed by atoms with Crippen LogP contribution >= 0.6 is 0 Å². The molecule has 0 bridgehead atoms. The molecule has 0 saturated carbocycles. The maximum atomic E-state index is 10.5. The van der Waals surface area contributed by atoms with Gasteiger partial charge in [0.2, 0.25) is 5.78 Å². The van der Waals surface area contributed by atoms with Gasteiger partial charge in [-0.15, -0.1) is 5.10 Å². The van der Waals surface area contributed by atoms with Crippen LogP contribution in [-0.2, 0) is 4.79 Å². The summed E-state index contributed by atoms with van der Waals surface area (Å²) in [6.07, 6.45) is 0. The van der Waals surface area contributed by atoms with E-state index in [-0.39, 0.29) is 12.3 Å². The van der Waals surface area contributed by atoms with Crippen LogP contribution in [0.3, 0.4) is 0 Å². The van der Waals surface area contributed by atoms with Gasteiger partial charge in [0.25, 0.3) is 0 Å². The lowest BCUT2D eigenvalue weighted by molar-refractivity contribution is -0.112. The van der Waals surface area contributed by atoms with Crippen molar-refractivity contribution in [2.75, 3.05) is 6.54 Å². The Balaban J connectivity index is 2.80. The van der Waals surface area contributed by atoms with Crippen LogP contribution in [0.2, 0.25) is 0 Å². The molecule has 0 aromatic heterocycles. The molecule has 0 aliphatic carbocycles. The number of rotatable bonds is 0. The SMILES string of the molecule is CC1=NN=NCC1=O. The molecule has 0 atom stereocenters. The Kier molecular flexibility index (Phi) is 1.15.